The highest BCUT2D eigenvalue weighted by Gasteiger charge is 2.21. The van der Waals surface area contributed by atoms with Gasteiger partial charge in [0.15, 0.2) is 0 Å². The minimum atomic E-state index is -0.572. The van der Waals surface area contributed by atoms with Crippen LogP contribution >= 0.6 is 0 Å². The molecule has 1 aliphatic heterocycles. The molecule has 20 heavy (non-hydrogen) atoms. The van der Waals surface area contributed by atoms with Crippen molar-refractivity contribution >= 4 is 17.3 Å². The maximum absolute atomic E-state index is 12.3. The molecule has 1 saturated heterocycles. The van der Waals surface area contributed by atoms with Gasteiger partial charge in [0.2, 0.25) is 0 Å². The second kappa shape index (κ2) is 6.31. The number of carbonyl (C=O) groups is 1. The van der Waals surface area contributed by atoms with E-state index in [2.05, 4.69) is 5.43 Å². The van der Waals surface area contributed by atoms with Crippen molar-refractivity contribution in [1.82, 2.24) is 4.90 Å². The fourth-order valence-corrected chi connectivity index (χ4v) is 2.07. The van der Waals surface area contributed by atoms with Crippen molar-refractivity contribution < 1.29 is 14.5 Å². The highest BCUT2D eigenvalue weighted by molar-refractivity contribution is 5.95. The standard InChI is InChI=1S/C12H16N4O4/c13-14-10-3-2-9(8-11(10)16(18)19)12(17)15-4-1-6-20-7-5-15/h2-3,8,14H,1,4-7,13H2. The SMILES string of the molecule is NNc1ccc(C(=O)N2CCCOCC2)cc1[N+](=O)[O-]. The lowest BCUT2D eigenvalue weighted by atomic mass is 10.1. The van der Waals surface area contributed by atoms with E-state index in [1.54, 1.807) is 4.90 Å². The Bertz CT molecular complexity index is 512. The molecule has 8 nitrogen and oxygen atoms in total. The fraction of sp³-hybridized carbons (Fsp3) is 0.417. The lowest BCUT2D eigenvalue weighted by molar-refractivity contribution is -0.384. The normalized spacial score (nSPS) is 15.6. The van der Waals surface area contributed by atoms with E-state index in [0.29, 0.717) is 26.3 Å². The van der Waals surface area contributed by atoms with Gasteiger partial charge in [-0.15, -0.1) is 0 Å². The summed E-state index contributed by atoms with van der Waals surface area (Å²) in [4.78, 5) is 24.3. The first-order valence-corrected chi connectivity index (χ1v) is 6.25. The van der Waals surface area contributed by atoms with Crippen LogP contribution in [0.2, 0.25) is 0 Å². The summed E-state index contributed by atoms with van der Waals surface area (Å²) in [6.45, 7) is 2.18. The molecule has 0 bridgehead atoms. The summed E-state index contributed by atoms with van der Waals surface area (Å²) in [6, 6.07) is 4.19. The Kier molecular flexibility index (Phi) is 4.49. The predicted octanol–water partition coefficient (Wildman–Crippen LogP) is 0.743. The van der Waals surface area contributed by atoms with Crippen LogP contribution in [-0.2, 0) is 4.74 Å². The molecule has 0 spiro atoms. The van der Waals surface area contributed by atoms with Gasteiger partial charge in [-0.05, 0) is 18.6 Å². The zero-order valence-corrected chi connectivity index (χ0v) is 10.9. The van der Waals surface area contributed by atoms with E-state index in [9.17, 15) is 14.9 Å². The summed E-state index contributed by atoms with van der Waals surface area (Å²) in [5.74, 6) is 4.98. The molecular weight excluding hydrogens is 264 g/mol. The maximum Gasteiger partial charge on any atom is 0.294 e. The summed E-state index contributed by atoms with van der Waals surface area (Å²) in [7, 11) is 0. The molecule has 0 unspecified atom stereocenters. The van der Waals surface area contributed by atoms with E-state index < -0.39 is 4.92 Å². The zero-order valence-electron chi connectivity index (χ0n) is 10.9. The highest BCUT2D eigenvalue weighted by Crippen LogP contribution is 2.25. The summed E-state index contributed by atoms with van der Waals surface area (Å²) < 4.78 is 5.28. The van der Waals surface area contributed by atoms with Gasteiger partial charge >= 0.3 is 0 Å². The van der Waals surface area contributed by atoms with Crippen LogP contribution in [0.4, 0.5) is 11.4 Å². The van der Waals surface area contributed by atoms with Crippen LogP contribution in [0.15, 0.2) is 18.2 Å². The van der Waals surface area contributed by atoms with Gasteiger partial charge in [-0.1, -0.05) is 0 Å². The Labute approximate surface area is 115 Å². The molecule has 0 saturated carbocycles. The molecule has 0 aromatic heterocycles. The molecular formula is C12H16N4O4. The number of ether oxygens (including phenoxy) is 1. The molecule has 1 aliphatic rings. The van der Waals surface area contributed by atoms with Crippen molar-refractivity contribution in [3.05, 3.63) is 33.9 Å². The average molecular weight is 280 g/mol. The molecule has 1 amide bonds. The Balaban J connectivity index is 2.25. The number of nitro benzene ring substituents is 1. The number of nitro groups is 1. The smallest absolute Gasteiger partial charge is 0.294 e. The Hall–Kier alpha value is -2.19. The van der Waals surface area contributed by atoms with Gasteiger partial charge < -0.3 is 15.1 Å². The van der Waals surface area contributed by atoms with Crippen LogP contribution in [0.3, 0.4) is 0 Å². The van der Waals surface area contributed by atoms with E-state index in [4.69, 9.17) is 10.6 Å². The topological polar surface area (TPSA) is 111 Å². The Morgan fingerprint density at radius 3 is 2.90 bits per heavy atom. The van der Waals surface area contributed by atoms with Crippen molar-refractivity contribution in [2.75, 3.05) is 31.7 Å². The number of carbonyl (C=O) groups excluding carboxylic acids is 1. The largest absolute Gasteiger partial charge is 0.380 e. The van der Waals surface area contributed by atoms with Crippen LogP contribution in [-0.4, -0.2) is 42.0 Å². The molecule has 1 aromatic carbocycles. The van der Waals surface area contributed by atoms with E-state index >= 15 is 0 Å². The number of nitrogen functional groups attached to an aromatic ring is 1. The van der Waals surface area contributed by atoms with E-state index in [1.165, 1.54) is 18.2 Å². The third-order valence-corrected chi connectivity index (χ3v) is 3.11. The van der Waals surface area contributed by atoms with Gasteiger partial charge in [0.05, 0.1) is 11.5 Å². The number of benzene rings is 1. The number of rotatable bonds is 3. The van der Waals surface area contributed by atoms with Crippen LogP contribution in [0.25, 0.3) is 0 Å². The van der Waals surface area contributed by atoms with E-state index in [1.807, 2.05) is 0 Å². The molecule has 0 radical (unpaired) electrons. The summed E-state index contributed by atoms with van der Waals surface area (Å²) in [5.41, 5.74) is 2.48. The Morgan fingerprint density at radius 2 is 2.20 bits per heavy atom. The number of amides is 1. The quantitative estimate of drug-likeness (QED) is 0.480. The first-order chi connectivity index (χ1) is 9.63. The van der Waals surface area contributed by atoms with Gasteiger partial charge in [0.1, 0.15) is 5.69 Å². The van der Waals surface area contributed by atoms with Crippen LogP contribution in [0.5, 0.6) is 0 Å². The minimum Gasteiger partial charge on any atom is -0.380 e. The number of nitrogens with one attached hydrogen (secondary N) is 1. The van der Waals surface area contributed by atoms with Crippen molar-refractivity contribution in [2.45, 2.75) is 6.42 Å². The molecule has 3 N–H and O–H groups in total. The number of hydrazine groups is 1. The van der Waals surface area contributed by atoms with Gasteiger partial charge in [-0.3, -0.25) is 20.8 Å². The molecule has 1 heterocycles. The summed E-state index contributed by atoms with van der Waals surface area (Å²) >= 11 is 0. The lowest BCUT2D eigenvalue weighted by Crippen LogP contribution is -2.33. The van der Waals surface area contributed by atoms with Crippen molar-refractivity contribution in [1.29, 1.82) is 0 Å². The van der Waals surface area contributed by atoms with E-state index in [-0.39, 0.29) is 22.8 Å². The predicted molar refractivity (Wildman–Crippen MR) is 72.2 cm³/mol. The number of nitrogens with zero attached hydrogens (tertiary/aromatic N) is 2. The van der Waals surface area contributed by atoms with Gasteiger partial charge in [0, 0.05) is 31.3 Å². The molecule has 1 fully saturated rings. The van der Waals surface area contributed by atoms with E-state index in [0.717, 1.165) is 6.42 Å². The molecule has 2 rings (SSSR count). The number of anilines is 1. The summed E-state index contributed by atoms with van der Waals surface area (Å²) in [6.07, 6.45) is 0.760. The number of nitrogens with two attached hydrogens (primary N) is 1. The Morgan fingerprint density at radius 1 is 1.40 bits per heavy atom. The minimum absolute atomic E-state index is 0.172. The molecule has 0 aliphatic carbocycles. The van der Waals surface area contributed by atoms with Crippen molar-refractivity contribution in [2.24, 2.45) is 5.84 Å². The van der Waals surface area contributed by atoms with Gasteiger partial charge in [0.25, 0.3) is 11.6 Å². The third kappa shape index (κ3) is 3.03. The average Bonchev–Trinajstić information content (AvgIpc) is 2.74. The number of hydrogen-bond acceptors (Lipinski definition) is 6. The highest BCUT2D eigenvalue weighted by atomic mass is 16.6. The summed E-state index contributed by atoms with van der Waals surface area (Å²) in [5, 5.41) is 11.0. The van der Waals surface area contributed by atoms with Gasteiger partial charge in [-0.25, -0.2) is 0 Å². The lowest BCUT2D eigenvalue weighted by Gasteiger charge is -2.19. The van der Waals surface area contributed by atoms with Crippen LogP contribution in [0.1, 0.15) is 16.8 Å². The molecule has 1 aromatic rings. The van der Waals surface area contributed by atoms with Crippen molar-refractivity contribution in [3.8, 4) is 0 Å². The number of hydrogen-bond donors (Lipinski definition) is 2. The second-order valence-electron chi connectivity index (χ2n) is 4.39. The monoisotopic (exact) mass is 280 g/mol. The second-order valence-corrected chi connectivity index (χ2v) is 4.39. The van der Waals surface area contributed by atoms with Crippen molar-refractivity contribution in [3.63, 3.8) is 0 Å². The molecule has 108 valence electrons. The molecule has 0 atom stereocenters. The molecule has 8 heteroatoms. The fourth-order valence-electron chi connectivity index (χ4n) is 2.07. The van der Waals surface area contributed by atoms with Crippen LogP contribution < -0.4 is 11.3 Å². The first kappa shape index (κ1) is 14.2. The zero-order chi connectivity index (χ0) is 14.5. The van der Waals surface area contributed by atoms with Gasteiger partial charge in [-0.2, -0.15) is 0 Å². The third-order valence-electron chi connectivity index (χ3n) is 3.11. The van der Waals surface area contributed by atoms with Crippen LogP contribution in [0, 0.1) is 10.1 Å². The maximum atomic E-state index is 12.3. The first-order valence-electron chi connectivity index (χ1n) is 6.25.